The van der Waals surface area contributed by atoms with Crippen LogP contribution < -0.4 is 9.62 Å². The van der Waals surface area contributed by atoms with Crippen LogP contribution in [0.1, 0.15) is 44.0 Å². The Morgan fingerprint density at radius 1 is 1.07 bits per heavy atom. The van der Waals surface area contributed by atoms with Gasteiger partial charge in [0.25, 0.3) is 15.9 Å². The summed E-state index contributed by atoms with van der Waals surface area (Å²) < 4.78 is 27.6. The lowest BCUT2D eigenvalue weighted by atomic mass is 10.1. The molecule has 0 radical (unpaired) electrons. The summed E-state index contributed by atoms with van der Waals surface area (Å²) in [7, 11) is -3.82. The highest BCUT2D eigenvalue weighted by Gasteiger charge is 2.25. The molecule has 1 amide bonds. The van der Waals surface area contributed by atoms with Gasteiger partial charge < -0.3 is 5.32 Å². The molecule has 2 aromatic rings. The Labute approximate surface area is 166 Å². The predicted octanol–water partition coefficient (Wildman–Crippen LogP) is 4.47. The summed E-state index contributed by atoms with van der Waals surface area (Å²) in [5.41, 5.74) is 0.728. The molecule has 2 rings (SSSR count). The number of halogens is 1. The highest BCUT2D eigenvalue weighted by molar-refractivity contribution is 7.92. The van der Waals surface area contributed by atoms with Crippen molar-refractivity contribution in [3.05, 3.63) is 59.1 Å². The van der Waals surface area contributed by atoms with Gasteiger partial charge in [-0.15, -0.1) is 0 Å². The van der Waals surface area contributed by atoms with Crippen LogP contribution in [-0.2, 0) is 10.0 Å². The zero-order valence-electron chi connectivity index (χ0n) is 15.8. The fourth-order valence-corrected chi connectivity index (χ4v) is 4.51. The third-order valence-corrected chi connectivity index (χ3v) is 6.65. The number of carbonyl (C=O) groups is 1. The van der Waals surface area contributed by atoms with Crippen LogP contribution in [0.5, 0.6) is 0 Å². The fraction of sp³-hybridized carbons (Fsp3) is 0.350. The van der Waals surface area contributed by atoms with E-state index in [-0.39, 0.29) is 34.0 Å². The Morgan fingerprint density at radius 3 is 2.26 bits per heavy atom. The van der Waals surface area contributed by atoms with Crippen molar-refractivity contribution in [1.82, 2.24) is 5.32 Å². The summed E-state index contributed by atoms with van der Waals surface area (Å²) in [6.45, 7) is 6.00. The molecule has 27 heavy (non-hydrogen) atoms. The van der Waals surface area contributed by atoms with E-state index >= 15 is 0 Å². The lowest BCUT2D eigenvalue weighted by Gasteiger charge is -2.23. The maximum absolute atomic E-state index is 13.1. The first-order chi connectivity index (χ1) is 12.8. The normalized spacial score (nSPS) is 11.4. The van der Waals surface area contributed by atoms with Crippen molar-refractivity contribution in [1.29, 1.82) is 0 Å². The van der Waals surface area contributed by atoms with Crippen LogP contribution in [0.3, 0.4) is 0 Å². The van der Waals surface area contributed by atoms with E-state index in [9.17, 15) is 13.2 Å². The number of sulfonamides is 1. The molecule has 0 saturated heterocycles. The second-order valence-electron chi connectivity index (χ2n) is 6.13. The largest absolute Gasteiger partial charge is 0.349 e. The second kappa shape index (κ2) is 9.24. The lowest BCUT2D eigenvalue weighted by molar-refractivity contribution is 0.0935. The number of hydrogen-bond donors (Lipinski definition) is 1. The molecule has 0 aliphatic carbocycles. The number of nitrogens with zero attached hydrogens (tertiary/aromatic N) is 1. The number of nitrogens with one attached hydrogen (secondary N) is 1. The van der Waals surface area contributed by atoms with Gasteiger partial charge >= 0.3 is 0 Å². The number of anilines is 1. The molecule has 146 valence electrons. The summed E-state index contributed by atoms with van der Waals surface area (Å²) >= 11 is 6.17. The van der Waals surface area contributed by atoms with Gasteiger partial charge in [-0.3, -0.25) is 9.10 Å². The van der Waals surface area contributed by atoms with E-state index in [2.05, 4.69) is 5.32 Å². The van der Waals surface area contributed by atoms with Gasteiger partial charge in [0.05, 0.1) is 21.2 Å². The minimum atomic E-state index is -3.82. The minimum Gasteiger partial charge on any atom is -0.349 e. The van der Waals surface area contributed by atoms with Crippen molar-refractivity contribution in [2.24, 2.45) is 0 Å². The number of para-hydroxylation sites is 1. The first-order valence-electron chi connectivity index (χ1n) is 9.03. The Hall–Kier alpha value is -2.05. The van der Waals surface area contributed by atoms with Crippen LogP contribution in [0.2, 0.25) is 5.02 Å². The van der Waals surface area contributed by atoms with Crippen molar-refractivity contribution < 1.29 is 13.2 Å². The van der Waals surface area contributed by atoms with Crippen LogP contribution in [-0.4, -0.2) is 26.9 Å². The van der Waals surface area contributed by atoms with Gasteiger partial charge in [-0.25, -0.2) is 8.42 Å². The molecule has 1 N–H and O–H groups in total. The molecule has 2 aromatic carbocycles. The summed E-state index contributed by atoms with van der Waals surface area (Å²) in [4.78, 5) is 12.6. The number of rotatable bonds is 8. The smallest absolute Gasteiger partial charge is 0.264 e. The van der Waals surface area contributed by atoms with E-state index < -0.39 is 10.0 Å². The first kappa shape index (κ1) is 21.3. The van der Waals surface area contributed by atoms with Gasteiger partial charge in [0, 0.05) is 12.6 Å². The summed E-state index contributed by atoms with van der Waals surface area (Å²) in [6, 6.07) is 13.1. The first-order valence-corrected chi connectivity index (χ1v) is 10.8. The number of carbonyl (C=O) groups excluding carboxylic acids is 1. The molecule has 5 nitrogen and oxygen atoms in total. The standard InChI is InChI=1S/C20H25ClN2O3S/c1-4-15(5-2)22-20(24)18-14-17(12-13-19(18)21)27(25,26)23(6-3)16-10-8-7-9-11-16/h7-15H,4-6H2,1-3H3,(H,22,24). The molecule has 0 unspecified atom stereocenters. The van der Waals surface area contributed by atoms with Crippen molar-refractivity contribution in [2.75, 3.05) is 10.8 Å². The lowest BCUT2D eigenvalue weighted by Crippen LogP contribution is -2.34. The van der Waals surface area contributed by atoms with E-state index in [1.54, 1.807) is 31.2 Å². The SMILES string of the molecule is CCC(CC)NC(=O)c1cc(S(=O)(=O)N(CC)c2ccccc2)ccc1Cl. The summed E-state index contributed by atoms with van der Waals surface area (Å²) in [5, 5.41) is 3.12. The van der Waals surface area contributed by atoms with E-state index in [4.69, 9.17) is 11.6 Å². The molecule has 0 aromatic heterocycles. The number of amides is 1. The van der Waals surface area contributed by atoms with Crippen LogP contribution in [0, 0.1) is 0 Å². The van der Waals surface area contributed by atoms with Gasteiger partial charge in [0.15, 0.2) is 0 Å². The van der Waals surface area contributed by atoms with Gasteiger partial charge in [-0.05, 0) is 50.1 Å². The van der Waals surface area contributed by atoms with Crippen LogP contribution in [0.15, 0.2) is 53.4 Å². The summed E-state index contributed by atoms with van der Waals surface area (Å²) in [5.74, 6) is -0.367. The van der Waals surface area contributed by atoms with Crippen molar-refractivity contribution in [3.63, 3.8) is 0 Å². The molecule has 0 spiro atoms. The molecule has 7 heteroatoms. The van der Waals surface area contributed by atoms with Gasteiger partial charge in [-0.2, -0.15) is 0 Å². The molecule has 0 aliphatic rings. The Bertz CT molecular complexity index is 881. The average molecular weight is 409 g/mol. The average Bonchev–Trinajstić information content (AvgIpc) is 2.67. The van der Waals surface area contributed by atoms with Crippen LogP contribution in [0.4, 0.5) is 5.69 Å². The highest BCUT2D eigenvalue weighted by Crippen LogP contribution is 2.26. The zero-order chi connectivity index (χ0) is 20.0. The maximum Gasteiger partial charge on any atom is 0.264 e. The highest BCUT2D eigenvalue weighted by atomic mass is 35.5. The Balaban J connectivity index is 2.42. The van der Waals surface area contributed by atoms with E-state index in [1.165, 1.54) is 22.5 Å². The van der Waals surface area contributed by atoms with Gasteiger partial charge in [-0.1, -0.05) is 43.6 Å². The van der Waals surface area contributed by atoms with E-state index in [0.717, 1.165) is 12.8 Å². The van der Waals surface area contributed by atoms with E-state index in [0.29, 0.717) is 5.69 Å². The van der Waals surface area contributed by atoms with Crippen LogP contribution >= 0.6 is 11.6 Å². The Kier molecular flexibility index (Phi) is 7.27. The van der Waals surface area contributed by atoms with Crippen molar-refractivity contribution in [3.8, 4) is 0 Å². The molecular formula is C20H25ClN2O3S. The number of hydrogen-bond acceptors (Lipinski definition) is 3. The second-order valence-corrected chi connectivity index (χ2v) is 8.40. The van der Waals surface area contributed by atoms with Gasteiger partial charge in [0.1, 0.15) is 0 Å². The van der Waals surface area contributed by atoms with Crippen molar-refractivity contribution in [2.45, 2.75) is 44.6 Å². The summed E-state index contributed by atoms with van der Waals surface area (Å²) in [6.07, 6.45) is 1.57. The quantitative estimate of drug-likeness (QED) is 0.700. The van der Waals surface area contributed by atoms with E-state index in [1.807, 2.05) is 19.9 Å². The topological polar surface area (TPSA) is 66.5 Å². The molecule has 0 heterocycles. The maximum atomic E-state index is 13.1. The molecule has 0 bridgehead atoms. The predicted molar refractivity (Wildman–Crippen MR) is 110 cm³/mol. The Morgan fingerprint density at radius 2 is 1.70 bits per heavy atom. The zero-order valence-corrected chi connectivity index (χ0v) is 17.3. The minimum absolute atomic E-state index is 0.0188. The molecule has 0 fully saturated rings. The monoisotopic (exact) mass is 408 g/mol. The third kappa shape index (κ3) is 4.82. The fourth-order valence-electron chi connectivity index (χ4n) is 2.81. The number of benzene rings is 2. The van der Waals surface area contributed by atoms with Crippen LogP contribution in [0.25, 0.3) is 0 Å². The van der Waals surface area contributed by atoms with Gasteiger partial charge in [0.2, 0.25) is 0 Å². The molecular weight excluding hydrogens is 384 g/mol. The third-order valence-electron chi connectivity index (χ3n) is 4.42. The van der Waals surface area contributed by atoms with Crippen molar-refractivity contribution >= 4 is 33.2 Å². The molecule has 0 saturated carbocycles. The molecule has 0 aliphatic heterocycles. The molecule has 0 atom stereocenters.